The van der Waals surface area contributed by atoms with E-state index in [0.29, 0.717) is 49.9 Å². The highest BCUT2D eigenvalue weighted by Gasteiger charge is 2.35. The number of rotatable bonds is 9. The Labute approximate surface area is 153 Å². The largest absolute Gasteiger partial charge is 0.383 e. The van der Waals surface area contributed by atoms with Crippen LogP contribution in [-0.2, 0) is 24.3 Å². The van der Waals surface area contributed by atoms with Crippen molar-refractivity contribution in [3.8, 4) is 0 Å². The fourth-order valence-corrected chi connectivity index (χ4v) is 5.56. The van der Waals surface area contributed by atoms with Gasteiger partial charge in [-0.3, -0.25) is 4.79 Å². The summed E-state index contributed by atoms with van der Waals surface area (Å²) in [6.07, 6.45) is 1.38. The number of carbonyl (C=O) groups excluding carboxylic acids is 1. The topological polar surface area (TPSA) is 76.2 Å². The molecule has 0 bridgehead atoms. The SMILES string of the molecule is COCCN(CCOC)C(=O)C1CCCN(S(=O)(=O)c2cccs2)C1. The summed E-state index contributed by atoms with van der Waals surface area (Å²) in [6, 6.07) is 3.33. The Kier molecular flexibility index (Phi) is 7.82. The van der Waals surface area contributed by atoms with Crippen molar-refractivity contribution in [2.75, 3.05) is 53.6 Å². The number of nitrogens with zero attached hydrogens (tertiary/aromatic N) is 2. The van der Waals surface area contributed by atoms with E-state index < -0.39 is 10.0 Å². The quantitative estimate of drug-likeness (QED) is 0.635. The van der Waals surface area contributed by atoms with Gasteiger partial charge in [-0.05, 0) is 24.3 Å². The summed E-state index contributed by atoms with van der Waals surface area (Å²) in [5.74, 6) is -0.350. The van der Waals surface area contributed by atoms with Gasteiger partial charge in [0.1, 0.15) is 4.21 Å². The Morgan fingerprint density at radius 3 is 2.56 bits per heavy atom. The Morgan fingerprint density at radius 2 is 2.00 bits per heavy atom. The van der Waals surface area contributed by atoms with Crippen LogP contribution in [0.2, 0.25) is 0 Å². The second-order valence-electron chi connectivity index (χ2n) is 5.95. The molecule has 7 nitrogen and oxygen atoms in total. The maximum Gasteiger partial charge on any atom is 0.252 e. The molecule has 0 radical (unpaired) electrons. The van der Waals surface area contributed by atoms with E-state index in [-0.39, 0.29) is 18.4 Å². The smallest absolute Gasteiger partial charge is 0.252 e. The second-order valence-corrected chi connectivity index (χ2v) is 9.06. The monoisotopic (exact) mass is 390 g/mol. The highest BCUT2D eigenvalue weighted by Crippen LogP contribution is 2.27. The lowest BCUT2D eigenvalue weighted by Crippen LogP contribution is -2.48. The Hall–Kier alpha value is -1.00. The molecule has 1 atom stereocenters. The molecule has 9 heteroatoms. The standard InChI is InChI=1S/C16H26N2O5S2/c1-22-10-8-17(9-11-23-2)16(19)14-5-3-7-18(13-14)25(20,21)15-6-4-12-24-15/h4,6,12,14H,3,5,7-11,13H2,1-2H3. The van der Waals surface area contributed by atoms with E-state index in [2.05, 4.69) is 0 Å². The van der Waals surface area contributed by atoms with Crippen LogP contribution >= 0.6 is 11.3 Å². The van der Waals surface area contributed by atoms with E-state index in [4.69, 9.17) is 9.47 Å². The van der Waals surface area contributed by atoms with Gasteiger partial charge >= 0.3 is 0 Å². The van der Waals surface area contributed by atoms with Crippen LogP contribution in [-0.4, -0.2) is 77.1 Å². The van der Waals surface area contributed by atoms with Crippen LogP contribution in [0.25, 0.3) is 0 Å². The first-order valence-electron chi connectivity index (χ1n) is 8.31. The molecule has 1 aromatic heterocycles. The first kappa shape index (κ1) is 20.3. The molecule has 25 heavy (non-hydrogen) atoms. The van der Waals surface area contributed by atoms with Gasteiger partial charge in [-0.15, -0.1) is 11.3 Å². The van der Waals surface area contributed by atoms with Gasteiger partial charge in [0.2, 0.25) is 5.91 Å². The number of amides is 1. The molecule has 1 amide bonds. The van der Waals surface area contributed by atoms with Crippen molar-refractivity contribution in [1.29, 1.82) is 0 Å². The van der Waals surface area contributed by atoms with Crippen LogP contribution < -0.4 is 0 Å². The lowest BCUT2D eigenvalue weighted by Gasteiger charge is -2.34. The van der Waals surface area contributed by atoms with Gasteiger partial charge in [-0.25, -0.2) is 8.42 Å². The van der Waals surface area contributed by atoms with Gasteiger partial charge in [-0.1, -0.05) is 6.07 Å². The van der Waals surface area contributed by atoms with Gasteiger partial charge < -0.3 is 14.4 Å². The summed E-state index contributed by atoms with van der Waals surface area (Å²) in [7, 11) is -0.329. The molecular weight excluding hydrogens is 364 g/mol. The molecule has 0 spiro atoms. The normalized spacial score (nSPS) is 19.0. The summed E-state index contributed by atoms with van der Waals surface area (Å²) in [5, 5.41) is 1.75. The van der Waals surface area contributed by atoms with Crippen molar-refractivity contribution in [2.45, 2.75) is 17.1 Å². The summed E-state index contributed by atoms with van der Waals surface area (Å²) in [6.45, 7) is 2.54. The van der Waals surface area contributed by atoms with Crippen LogP contribution in [0.5, 0.6) is 0 Å². The Balaban J connectivity index is 2.06. The fourth-order valence-electron chi connectivity index (χ4n) is 2.89. The van der Waals surface area contributed by atoms with E-state index in [0.717, 1.165) is 0 Å². The summed E-state index contributed by atoms with van der Waals surface area (Å²) in [5.41, 5.74) is 0. The van der Waals surface area contributed by atoms with E-state index >= 15 is 0 Å². The molecule has 0 aliphatic carbocycles. The molecular formula is C16H26N2O5S2. The highest BCUT2D eigenvalue weighted by molar-refractivity contribution is 7.91. The number of methoxy groups -OCH3 is 2. The predicted molar refractivity (Wildman–Crippen MR) is 96.1 cm³/mol. The first-order chi connectivity index (χ1) is 12.0. The minimum atomic E-state index is -3.51. The predicted octanol–water partition coefficient (Wildman–Crippen LogP) is 1.27. The lowest BCUT2D eigenvalue weighted by atomic mass is 9.98. The molecule has 142 valence electrons. The molecule has 2 rings (SSSR count). The first-order valence-corrected chi connectivity index (χ1v) is 10.6. The molecule has 1 aliphatic heterocycles. The number of hydrogen-bond acceptors (Lipinski definition) is 6. The Bertz CT molecular complexity index is 625. The van der Waals surface area contributed by atoms with Gasteiger partial charge in [0.15, 0.2) is 0 Å². The van der Waals surface area contributed by atoms with Crippen molar-refractivity contribution in [2.24, 2.45) is 5.92 Å². The number of carbonyl (C=O) groups is 1. The summed E-state index contributed by atoms with van der Waals surface area (Å²) in [4.78, 5) is 14.6. The van der Waals surface area contributed by atoms with Gasteiger partial charge in [0.05, 0.1) is 19.1 Å². The number of hydrogen-bond donors (Lipinski definition) is 0. The van der Waals surface area contributed by atoms with Crippen LogP contribution in [0.4, 0.5) is 0 Å². The minimum absolute atomic E-state index is 0.0276. The average molecular weight is 391 g/mol. The van der Waals surface area contributed by atoms with Gasteiger partial charge in [0, 0.05) is 40.4 Å². The number of sulfonamides is 1. The van der Waals surface area contributed by atoms with Crippen molar-refractivity contribution in [1.82, 2.24) is 9.21 Å². The molecule has 0 aromatic carbocycles. The molecule has 0 saturated carbocycles. The maximum atomic E-state index is 12.9. The molecule has 1 aliphatic rings. The van der Waals surface area contributed by atoms with Crippen LogP contribution in [0.1, 0.15) is 12.8 Å². The van der Waals surface area contributed by atoms with Crippen molar-refractivity contribution >= 4 is 27.3 Å². The van der Waals surface area contributed by atoms with Crippen molar-refractivity contribution in [3.63, 3.8) is 0 Å². The van der Waals surface area contributed by atoms with Crippen molar-refractivity contribution < 1.29 is 22.7 Å². The number of thiophene rings is 1. The van der Waals surface area contributed by atoms with Crippen LogP contribution in [0.3, 0.4) is 0 Å². The van der Waals surface area contributed by atoms with E-state index in [9.17, 15) is 13.2 Å². The van der Waals surface area contributed by atoms with Gasteiger partial charge in [0.25, 0.3) is 10.0 Å². The van der Waals surface area contributed by atoms with Crippen LogP contribution in [0, 0.1) is 5.92 Å². The minimum Gasteiger partial charge on any atom is -0.383 e. The molecule has 1 aromatic rings. The third-order valence-electron chi connectivity index (χ3n) is 4.26. The average Bonchev–Trinajstić information content (AvgIpc) is 3.17. The zero-order chi connectivity index (χ0) is 18.3. The molecule has 0 N–H and O–H groups in total. The molecule has 1 unspecified atom stereocenters. The number of piperidine rings is 1. The lowest BCUT2D eigenvalue weighted by molar-refractivity contribution is -0.138. The zero-order valence-corrected chi connectivity index (χ0v) is 16.4. The van der Waals surface area contributed by atoms with E-state index in [1.165, 1.54) is 15.6 Å². The van der Waals surface area contributed by atoms with Gasteiger partial charge in [-0.2, -0.15) is 4.31 Å². The molecule has 1 fully saturated rings. The molecule has 2 heterocycles. The van der Waals surface area contributed by atoms with Crippen molar-refractivity contribution in [3.05, 3.63) is 17.5 Å². The van der Waals surface area contributed by atoms with Crippen LogP contribution in [0.15, 0.2) is 21.7 Å². The highest BCUT2D eigenvalue weighted by atomic mass is 32.2. The summed E-state index contributed by atoms with van der Waals surface area (Å²) < 4.78 is 37.3. The maximum absolute atomic E-state index is 12.9. The van der Waals surface area contributed by atoms with E-state index in [1.807, 2.05) is 0 Å². The Morgan fingerprint density at radius 1 is 1.32 bits per heavy atom. The third kappa shape index (κ3) is 5.24. The number of ether oxygens (including phenoxy) is 2. The molecule has 1 saturated heterocycles. The zero-order valence-electron chi connectivity index (χ0n) is 14.7. The third-order valence-corrected chi connectivity index (χ3v) is 7.50. The fraction of sp³-hybridized carbons (Fsp3) is 0.688. The van der Waals surface area contributed by atoms with E-state index in [1.54, 1.807) is 36.6 Å². The second kappa shape index (κ2) is 9.63. The summed E-state index contributed by atoms with van der Waals surface area (Å²) >= 11 is 1.20.